The summed E-state index contributed by atoms with van der Waals surface area (Å²) in [5.41, 5.74) is -0.408. The molecule has 1 aliphatic heterocycles. The van der Waals surface area contributed by atoms with Crippen molar-refractivity contribution in [1.29, 1.82) is 0 Å². The number of ketones is 1. The van der Waals surface area contributed by atoms with Crippen LogP contribution in [0.4, 0.5) is 29.3 Å². The molecule has 0 bridgehead atoms. The average Bonchev–Trinajstić information content (AvgIpc) is 2.96. The van der Waals surface area contributed by atoms with Gasteiger partial charge in [-0.2, -0.15) is 13.2 Å². The fourth-order valence-electron chi connectivity index (χ4n) is 2.38. The molecule has 1 aliphatic rings. The van der Waals surface area contributed by atoms with Gasteiger partial charge < -0.3 is 10.1 Å². The lowest BCUT2D eigenvalue weighted by Crippen LogP contribution is -2.33. The minimum atomic E-state index is -4.49. The number of urea groups is 1. The van der Waals surface area contributed by atoms with Crippen LogP contribution in [-0.2, 0) is 11.0 Å². The summed E-state index contributed by atoms with van der Waals surface area (Å²) in [5.74, 6) is 0.0728. The maximum absolute atomic E-state index is 12.5. The van der Waals surface area contributed by atoms with E-state index < -0.39 is 17.8 Å². The zero-order chi connectivity index (χ0) is 18.9. The van der Waals surface area contributed by atoms with Crippen molar-refractivity contribution < 1.29 is 32.3 Å². The van der Waals surface area contributed by atoms with Crippen molar-refractivity contribution in [3.8, 4) is 5.75 Å². The molecule has 0 radical (unpaired) electrons. The SMILES string of the molecule is O=CN(C(=O)Nc1ccc(C(F)(F)F)cc1)c1ccc2c(c1)C(=O)CO2. The predicted molar refractivity (Wildman–Crippen MR) is 85.3 cm³/mol. The molecule has 2 aromatic carbocycles. The maximum atomic E-state index is 12.5. The fourth-order valence-corrected chi connectivity index (χ4v) is 2.38. The van der Waals surface area contributed by atoms with E-state index in [-0.39, 0.29) is 35.7 Å². The van der Waals surface area contributed by atoms with E-state index >= 15 is 0 Å². The van der Waals surface area contributed by atoms with E-state index in [1.807, 2.05) is 0 Å². The van der Waals surface area contributed by atoms with Gasteiger partial charge in [0.2, 0.25) is 12.2 Å². The van der Waals surface area contributed by atoms with Crippen molar-refractivity contribution in [3.05, 3.63) is 53.6 Å². The maximum Gasteiger partial charge on any atom is 0.416 e. The van der Waals surface area contributed by atoms with E-state index in [4.69, 9.17) is 4.74 Å². The second-order valence-electron chi connectivity index (χ2n) is 5.37. The molecule has 3 rings (SSSR count). The Labute approximate surface area is 145 Å². The monoisotopic (exact) mass is 364 g/mol. The lowest BCUT2D eigenvalue weighted by Gasteiger charge is -2.17. The summed E-state index contributed by atoms with van der Waals surface area (Å²) in [4.78, 5) is 35.9. The Morgan fingerprint density at radius 1 is 1.15 bits per heavy atom. The number of benzene rings is 2. The Hall–Kier alpha value is -3.36. The van der Waals surface area contributed by atoms with Crippen molar-refractivity contribution in [3.63, 3.8) is 0 Å². The first-order valence-corrected chi connectivity index (χ1v) is 7.32. The summed E-state index contributed by atoms with van der Waals surface area (Å²) in [6.07, 6.45) is -4.25. The normalized spacial score (nSPS) is 13.0. The van der Waals surface area contributed by atoms with E-state index in [2.05, 4.69) is 5.32 Å². The Kier molecular flexibility index (Phi) is 4.37. The quantitative estimate of drug-likeness (QED) is 0.846. The molecule has 0 aromatic heterocycles. The molecular formula is C17H11F3N2O4. The van der Waals surface area contributed by atoms with E-state index in [0.717, 1.165) is 24.3 Å². The van der Waals surface area contributed by atoms with Gasteiger partial charge in [-0.25, -0.2) is 9.69 Å². The van der Waals surface area contributed by atoms with Gasteiger partial charge in [0.25, 0.3) is 0 Å². The summed E-state index contributed by atoms with van der Waals surface area (Å²) in [6.45, 7) is -0.113. The van der Waals surface area contributed by atoms with Gasteiger partial charge in [-0.05, 0) is 42.5 Å². The van der Waals surface area contributed by atoms with Crippen LogP contribution >= 0.6 is 0 Å². The molecule has 1 N–H and O–H groups in total. The number of ether oxygens (including phenoxy) is 1. The molecule has 0 unspecified atom stereocenters. The summed E-state index contributed by atoms with van der Waals surface area (Å²) in [6, 6.07) is 7.10. The lowest BCUT2D eigenvalue weighted by molar-refractivity contribution is -0.137. The minimum Gasteiger partial charge on any atom is -0.485 e. The van der Waals surface area contributed by atoms with Crippen molar-refractivity contribution in [1.82, 2.24) is 0 Å². The number of Topliss-reactive ketones (excluding diaryl/α,β-unsaturated/α-hetero) is 1. The largest absolute Gasteiger partial charge is 0.485 e. The van der Waals surface area contributed by atoms with Crippen LogP contribution < -0.4 is 15.0 Å². The number of hydrogen-bond donors (Lipinski definition) is 1. The van der Waals surface area contributed by atoms with Gasteiger partial charge in [0.15, 0.2) is 6.61 Å². The van der Waals surface area contributed by atoms with Crippen molar-refractivity contribution >= 4 is 29.6 Å². The molecule has 3 amide bonds. The van der Waals surface area contributed by atoms with Gasteiger partial charge in [-0.3, -0.25) is 9.59 Å². The Balaban J connectivity index is 1.79. The number of anilines is 2. The first kappa shape index (κ1) is 17.5. The number of nitrogens with one attached hydrogen (secondary N) is 1. The highest BCUT2D eigenvalue weighted by Crippen LogP contribution is 2.31. The highest BCUT2D eigenvalue weighted by Gasteiger charge is 2.30. The van der Waals surface area contributed by atoms with Gasteiger partial charge in [-0.1, -0.05) is 0 Å². The highest BCUT2D eigenvalue weighted by molar-refractivity contribution is 6.13. The molecule has 2 aromatic rings. The second-order valence-corrected chi connectivity index (χ2v) is 5.37. The molecule has 0 aliphatic carbocycles. The molecule has 1 heterocycles. The van der Waals surface area contributed by atoms with Gasteiger partial charge in [-0.15, -0.1) is 0 Å². The third kappa shape index (κ3) is 3.37. The number of hydrogen-bond acceptors (Lipinski definition) is 4. The third-order valence-corrected chi connectivity index (χ3v) is 3.69. The first-order chi connectivity index (χ1) is 12.3. The molecule has 9 heteroatoms. The van der Waals surface area contributed by atoms with Crippen LogP contribution in [0.1, 0.15) is 15.9 Å². The fraction of sp³-hybridized carbons (Fsp3) is 0.118. The smallest absolute Gasteiger partial charge is 0.416 e. The van der Waals surface area contributed by atoms with Crippen LogP contribution in [0.15, 0.2) is 42.5 Å². The standard InChI is InChI=1S/C17H11F3N2O4/c18-17(19,20)10-1-3-11(4-2-10)21-16(25)22(9-23)12-5-6-15-13(7-12)14(24)8-26-15/h1-7,9H,8H2,(H,21,25). The van der Waals surface area contributed by atoms with Crippen molar-refractivity contribution in [2.45, 2.75) is 6.18 Å². The summed E-state index contributed by atoms with van der Waals surface area (Å²) >= 11 is 0. The van der Waals surface area contributed by atoms with Gasteiger partial charge in [0.1, 0.15) is 5.75 Å². The van der Waals surface area contributed by atoms with Crippen LogP contribution in [0.5, 0.6) is 5.75 Å². The number of imide groups is 1. The number of rotatable bonds is 3. The Bertz CT molecular complexity index is 879. The van der Waals surface area contributed by atoms with E-state index in [1.165, 1.54) is 18.2 Å². The molecule has 0 spiro atoms. The topological polar surface area (TPSA) is 75.7 Å². The Morgan fingerprint density at radius 2 is 1.85 bits per heavy atom. The summed E-state index contributed by atoms with van der Waals surface area (Å²) in [7, 11) is 0. The van der Waals surface area contributed by atoms with Crippen molar-refractivity contribution in [2.75, 3.05) is 16.8 Å². The Morgan fingerprint density at radius 3 is 2.46 bits per heavy atom. The zero-order valence-corrected chi connectivity index (χ0v) is 13.0. The molecule has 0 fully saturated rings. The zero-order valence-electron chi connectivity index (χ0n) is 13.0. The number of carbonyl (C=O) groups excluding carboxylic acids is 3. The van der Waals surface area contributed by atoms with Crippen LogP contribution in [0.3, 0.4) is 0 Å². The summed E-state index contributed by atoms with van der Waals surface area (Å²) < 4.78 is 42.8. The van der Waals surface area contributed by atoms with Gasteiger partial charge in [0.05, 0.1) is 16.8 Å². The van der Waals surface area contributed by atoms with E-state index in [9.17, 15) is 27.6 Å². The molecule has 0 saturated carbocycles. The number of fused-ring (bicyclic) bond motifs is 1. The van der Waals surface area contributed by atoms with Crippen LogP contribution in [0.25, 0.3) is 0 Å². The van der Waals surface area contributed by atoms with Crippen LogP contribution in [0.2, 0.25) is 0 Å². The number of carbonyl (C=O) groups is 3. The number of halogens is 3. The number of amides is 3. The molecular weight excluding hydrogens is 353 g/mol. The molecule has 0 saturated heterocycles. The van der Waals surface area contributed by atoms with Crippen LogP contribution in [0, 0.1) is 0 Å². The second kappa shape index (κ2) is 6.51. The molecule has 0 atom stereocenters. The summed E-state index contributed by atoms with van der Waals surface area (Å²) in [5, 5.41) is 2.32. The highest BCUT2D eigenvalue weighted by atomic mass is 19.4. The minimum absolute atomic E-state index is 0.0791. The van der Waals surface area contributed by atoms with Gasteiger partial charge >= 0.3 is 12.2 Å². The average molecular weight is 364 g/mol. The number of nitrogens with zero attached hydrogens (tertiary/aromatic N) is 1. The molecule has 26 heavy (non-hydrogen) atoms. The lowest BCUT2D eigenvalue weighted by atomic mass is 10.1. The predicted octanol–water partition coefficient (Wildman–Crippen LogP) is 3.48. The number of alkyl halides is 3. The molecule has 134 valence electrons. The van der Waals surface area contributed by atoms with E-state index in [1.54, 1.807) is 0 Å². The van der Waals surface area contributed by atoms with Gasteiger partial charge in [0, 0.05) is 5.69 Å². The van der Waals surface area contributed by atoms with Crippen molar-refractivity contribution in [2.24, 2.45) is 0 Å². The first-order valence-electron chi connectivity index (χ1n) is 7.32. The van der Waals surface area contributed by atoms with E-state index in [0.29, 0.717) is 10.6 Å². The third-order valence-electron chi connectivity index (χ3n) is 3.69. The molecule has 6 nitrogen and oxygen atoms in total. The van der Waals surface area contributed by atoms with Crippen LogP contribution in [-0.4, -0.2) is 24.8 Å².